The number of pyridine rings is 1. The largest absolute Gasteiger partial charge is 0.353 e. The number of amides is 1. The van der Waals surface area contributed by atoms with Gasteiger partial charge in [-0.3, -0.25) is 9.59 Å². The van der Waals surface area contributed by atoms with Crippen LogP contribution in [0, 0.1) is 0 Å². The molecule has 1 N–H and O–H groups in total. The van der Waals surface area contributed by atoms with Crippen LogP contribution < -0.4 is 10.9 Å². The van der Waals surface area contributed by atoms with Crippen molar-refractivity contribution in [1.29, 1.82) is 0 Å². The van der Waals surface area contributed by atoms with Crippen LogP contribution in [0.4, 0.5) is 0 Å². The Morgan fingerprint density at radius 1 is 1.11 bits per heavy atom. The van der Waals surface area contributed by atoms with Crippen molar-refractivity contribution >= 4 is 28.6 Å². The molecule has 1 amide bonds. The molecule has 1 aromatic heterocycles. The van der Waals surface area contributed by atoms with Crippen LogP contribution in [-0.4, -0.2) is 22.3 Å². The first-order valence-corrected chi connectivity index (χ1v) is 10.7. The molecule has 0 aliphatic rings. The van der Waals surface area contributed by atoms with E-state index in [1.807, 2.05) is 56.3 Å². The lowest BCUT2D eigenvalue weighted by atomic mass is 10.1. The monoisotopic (exact) mass is 394 g/mol. The van der Waals surface area contributed by atoms with Gasteiger partial charge in [0.05, 0.1) is 11.3 Å². The third kappa shape index (κ3) is 5.04. The van der Waals surface area contributed by atoms with Gasteiger partial charge in [-0.1, -0.05) is 48.5 Å². The zero-order valence-electron chi connectivity index (χ0n) is 16.4. The summed E-state index contributed by atoms with van der Waals surface area (Å²) in [4.78, 5) is 25.6. The normalized spacial score (nSPS) is 12.1. The summed E-state index contributed by atoms with van der Waals surface area (Å²) in [7, 11) is 0. The first-order chi connectivity index (χ1) is 13.6. The maximum atomic E-state index is 12.4. The maximum absolute atomic E-state index is 12.4. The molecule has 0 spiro atoms. The number of aromatic nitrogens is 1. The predicted octanol–water partition coefficient (Wildman–Crippen LogP) is 4.25. The molecule has 0 radical (unpaired) electrons. The van der Waals surface area contributed by atoms with Crippen molar-refractivity contribution < 1.29 is 4.79 Å². The average molecular weight is 395 g/mol. The van der Waals surface area contributed by atoms with E-state index in [2.05, 4.69) is 17.4 Å². The molecule has 3 aromatic rings. The standard InChI is InChI=1S/C23H26N2O2S/c1-3-25-20-12-8-7-11-19(20)21(15-23(25)27)28-16-22(26)24-17(2)13-14-18-9-5-4-6-10-18/h4-12,15,17H,3,13-14,16H2,1-2H3,(H,24,26). The van der Waals surface area contributed by atoms with Gasteiger partial charge in [-0.05, 0) is 38.3 Å². The van der Waals surface area contributed by atoms with Crippen LogP contribution in [0.25, 0.3) is 10.9 Å². The van der Waals surface area contributed by atoms with Crippen molar-refractivity contribution in [3.8, 4) is 0 Å². The summed E-state index contributed by atoms with van der Waals surface area (Å²) in [6.07, 6.45) is 1.84. The summed E-state index contributed by atoms with van der Waals surface area (Å²) >= 11 is 1.42. The van der Waals surface area contributed by atoms with Gasteiger partial charge in [-0.2, -0.15) is 0 Å². The molecule has 0 saturated heterocycles. The number of hydrogen-bond donors (Lipinski definition) is 1. The summed E-state index contributed by atoms with van der Waals surface area (Å²) in [5.74, 6) is 0.296. The van der Waals surface area contributed by atoms with Gasteiger partial charge in [0.2, 0.25) is 5.91 Å². The zero-order valence-corrected chi connectivity index (χ0v) is 17.2. The Bertz CT molecular complexity index is 998. The average Bonchev–Trinajstić information content (AvgIpc) is 2.71. The summed E-state index contributed by atoms with van der Waals surface area (Å²) in [6.45, 7) is 4.62. The van der Waals surface area contributed by atoms with E-state index in [1.165, 1.54) is 17.3 Å². The zero-order chi connectivity index (χ0) is 19.9. The summed E-state index contributed by atoms with van der Waals surface area (Å²) in [5.41, 5.74) is 2.16. The van der Waals surface area contributed by atoms with Crippen LogP contribution >= 0.6 is 11.8 Å². The number of rotatable bonds is 8. The van der Waals surface area contributed by atoms with Gasteiger partial charge < -0.3 is 9.88 Å². The van der Waals surface area contributed by atoms with Crippen LogP contribution in [0.1, 0.15) is 25.8 Å². The molecule has 5 heteroatoms. The number of carbonyl (C=O) groups excluding carboxylic acids is 1. The van der Waals surface area contributed by atoms with Crippen LogP contribution in [0.5, 0.6) is 0 Å². The molecule has 1 atom stereocenters. The molecule has 0 aliphatic carbocycles. The molecule has 3 rings (SSSR count). The number of carbonyl (C=O) groups is 1. The van der Waals surface area contributed by atoms with E-state index in [0.717, 1.165) is 28.6 Å². The lowest BCUT2D eigenvalue weighted by Gasteiger charge is -2.15. The van der Waals surface area contributed by atoms with Gasteiger partial charge in [0.25, 0.3) is 5.56 Å². The van der Waals surface area contributed by atoms with Gasteiger partial charge in [0.1, 0.15) is 0 Å². The highest BCUT2D eigenvalue weighted by atomic mass is 32.2. The fourth-order valence-electron chi connectivity index (χ4n) is 3.31. The third-order valence-corrected chi connectivity index (χ3v) is 5.83. The number of hydrogen-bond acceptors (Lipinski definition) is 3. The molecule has 0 bridgehead atoms. The number of nitrogens with zero attached hydrogens (tertiary/aromatic N) is 1. The highest BCUT2D eigenvalue weighted by Crippen LogP contribution is 2.26. The smallest absolute Gasteiger partial charge is 0.252 e. The Morgan fingerprint density at radius 2 is 1.82 bits per heavy atom. The Kier molecular flexibility index (Phi) is 6.93. The van der Waals surface area contributed by atoms with Gasteiger partial charge in [-0.25, -0.2) is 0 Å². The molecule has 28 heavy (non-hydrogen) atoms. The minimum atomic E-state index is -0.0275. The second kappa shape index (κ2) is 9.60. The van der Waals surface area contributed by atoms with Crippen molar-refractivity contribution in [2.24, 2.45) is 0 Å². The predicted molar refractivity (Wildman–Crippen MR) is 117 cm³/mol. The quantitative estimate of drug-likeness (QED) is 0.581. The van der Waals surface area contributed by atoms with Gasteiger partial charge in [0, 0.05) is 28.9 Å². The molecule has 2 aromatic carbocycles. The fraction of sp³-hybridized carbons (Fsp3) is 0.304. The molecular weight excluding hydrogens is 368 g/mol. The van der Waals surface area contributed by atoms with E-state index in [4.69, 9.17) is 0 Å². The second-order valence-corrected chi connectivity index (χ2v) is 7.91. The highest BCUT2D eigenvalue weighted by Gasteiger charge is 2.12. The SMILES string of the molecule is CCn1c(=O)cc(SCC(=O)NC(C)CCc2ccccc2)c2ccccc21. The van der Waals surface area contributed by atoms with Crippen molar-refractivity contribution in [1.82, 2.24) is 9.88 Å². The molecule has 0 fully saturated rings. The first-order valence-electron chi connectivity index (χ1n) is 9.67. The van der Waals surface area contributed by atoms with Crippen LogP contribution in [-0.2, 0) is 17.8 Å². The topological polar surface area (TPSA) is 51.1 Å². The van der Waals surface area contributed by atoms with Crippen molar-refractivity contribution in [2.45, 2.75) is 44.2 Å². The first kappa shape index (κ1) is 20.2. The minimum absolute atomic E-state index is 0.00527. The number of nitrogens with one attached hydrogen (secondary N) is 1. The van der Waals surface area contributed by atoms with Crippen LogP contribution in [0.15, 0.2) is 70.4 Å². The summed E-state index contributed by atoms with van der Waals surface area (Å²) < 4.78 is 1.76. The van der Waals surface area contributed by atoms with E-state index in [1.54, 1.807) is 10.6 Å². The molecule has 146 valence electrons. The molecule has 1 unspecified atom stereocenters. The lowest BCUT2D eigenvalue weighted by Crippen LogP contribution is -2.34. The van der Waals surface area contributed by atoms with Gasteiger partial charge in [-0.15, -0.1) is 11.8 Å². The molecular formula is C23H26N2O2S. The minimum Gasteiger partial charge on any atom is -0.353 e. The Morgan fingerprint density at radius 3 is 2.57 bits per heavy atom. The molecule has 0 saturated carbocycles. The Balaban J connectivity index is 1.59. The molecule has 4 nitrogen and oxygen atoms in total. The van der Waals surface area contributed by atoms with E-state index in [0.29, 0.717) is 12.3 Å². The highest BCUT2D eigenvalue weighted by molar-refractivity contribution is 8.00. The maximum Gasteiger partial charge on any atom is 0.252 e. The summed E-state index contributed by atoms with van der Waals surface area (Å²) in [5, 5.41) is 4.08. The summed E-state index contributed by atoms with van der Waals surface area (Å²) in [6, 6.07) is 19.9. The lowest BCUT2D eigenvalue weighted by molar-refractivity contribution is -0.119. The number of benzene rings is 2. The van der Waals surface area contributed by atoms with Gasteiger partial charge >= 0.3 is 0 Å². The third-order valence-electron chi connectivity index (χ3n) is 4.77. The van der Waals surface area contributed by atoms with E-state index < -0.39 is 0 Å². The molecule has 1 heterocycles. The number of para-hydroxylation sites is 1. The van der Waals surface area contributed by atoms with Crippen LogP contribution in [0.2, 0.25) is 0 Å². The van der Waals surface area contributed by atoms with Crippen molar-refractivity contribution in [3.05, 3.63) is 76.6 Å². The van der Waals surface area contributed by atoms with E-state index in [9.17, 15) is 9.59 Å². The van der Waals surface area contributed by atoms with Crippen LogP contribution in [0.3, 0.4) is 0 Å². The second-order valence-electron chi connectivity index (χ2n) is 6.89. The van der Waals surface area contributed by atoms with E-state index in [-0.39, 0.29) is 17.5 Å². The Hall–Kier alpha value is -2.53. The van der Waals surface area contributed by atoms with Crippen molar-refractivity contribution in [3.63, 3.8) is 0 Å². The van der Waals surface area contributed by atoms with Gasteiger partial charge in [0.15, 0.2) is 0 Å². The number of fused-ring (bicyclic) bond motifs is 1. The fourth-order valence-corrected chi connectivity index (χ4v) is 4.19. The molecule has 0 aliphatic heterocycles. The number of aryl methyl sites for hydroxylation is 2. The number of thioether (sulfide) groups is 1. The van der Waals surface area contributed by atoms with E-state index >= 15 is 0 Å². The van der Waals surface area contributed by atoms with Crippen molar-refractivity contribution in [2.75, 3.05) is 5.75 Å². The Labute approximate surface area is 170 Å².